The van der Waals surface area contributed by atoms with E-state index in [4.69, 9.17) is 5.11 Å². The van der Waals surface area contributed by atoms with Gasteiger partial charge in [0.05, 0.1) is 5.92 Å². The van der Waals surface area contributed by atoms with Crippen molar-refractivity contribution in [1.29, 1.82) is 0 Å². The summed E-state index contributed by atoms with van der Waals surface area (Å²) in [4.78, 5) is 11.1. The fourth-order valence-corrected chi connectivity index (χ4v) is 3.53. The van der Waals surface area contributed by atoms with Crippen LogP contribution in [0.15, 0.2) is 24.3 Å². The quantitative estimate of drug-likeness (QED) is 0.823. The monoisotopic (exact) mass is 303 g/mol. The summed E-state index contributed by atoms with van der Waals surface area (Å²) in [5.74, 6) is -0.136. The van der Waals surface area contributed by atoms with Gasteiger partial charge in [0.15, 0.2) is 0 Å². The molecule has 0 saturated heterocycles. The van der Waals surface area contributed by atoms with Crippen LogP contribution in [0.4, 0.5) is 0 Å². The average Bonchev–Trinajstić information content (AvgIpc) is 2.47. The summed E-state index contributed by atoms with van der Waals surface area (Å²) in [5.41, 5.74) is 2.72. The molecule has 0 aliphatic heterocycles. The molecule has 1 unspecified atom stereocenters. The molecule has 1 aliphatic carbocycles. The van der Waals surface area contributed by atoms with E-state index in [2.05, 4.69) is 50.4 Å². The Morgan fingerprint density at radius 1 is 1.23 bits per heavy atom. The zero-order valence-corrected chi connectivity index (χ0v) is 14.0. The van der Waals surface area contributed by atoms with Gasteiger partial charge < -0.3 is 10.4 Å². The summed E-state index contributed by atoms with van der Waals surface area (Å²) >= 11 is 0. The Morgan fingerprint density at radius 2 is 1.86 bits per heavy atom. The highest BCUT2D eigenvalue weighted by molar-refractivity contribution is 5.70. The molecule has 0 radical (unpaired) electrons. The molecule has 0 spiro atoms. The molecule has 1 saturated carbocycles. The highest BCUT2D eigenvalue weighted by Crippen LogP contribution is 2.29. The maximum absolute atomic E-state index is 11.1. The molecule has 1 fully saturated rings. The second-order valence-corrected chi connectivity index (χ2v) is 7.09. The first-order valence-corrected chi connectivity index (χ1v) is 8.51. The summed E-state index contributed by atoms with van der Waals surface area (Å²) in [6.45, 7) is 6.69. The molecular weight excluding hydrogens is 274 g/mol. The van der Waals surface area contributed by atoms with E-state index in [1.54, 1.807) is 0 Å². The normalized spacial score (nSPS) is 23.5. The molecule has 22 heavy (non-hydrogen) atoms. The predicted molar refractivity (Wildman–Crippen MR) is 89.9 cm³/mol. The molecule has 0 amide bonds. The van der Waals surface area contributed by atoms with Crippen molar-refractivity contribution >= 4 is 5.97 Å². The number of aryl methyl sites for hydroxylation is 1. The van der Waals surface area contributed by atoms with Crippen molar-refractivity contribution in [2.45, 2.75) is 65.0 Å². The van der Waals surface area contributed by atoms with Crippen molar-refractivity contribution in [3.05, 3.63) is 35.4 Å². The second-order valence-electron chi connectivity index (χ2n) is 7.09. The molecule has 0 heterocycles. The highest BCUT2D eigenvalue weighted by atomic mass is 16.4. The molecule has 3 nitrogen and oxygen atoms in total. The lowest BCUT2D eigenvalue weighted by Gasteiger charge is -2.32. The average molecular weight is 303 g/mol. The number of hydrogen-bond donors (Lipinski definition) is 2. The van der Waals surface area contributed by atoms with Gasteiger partial charge in [-0.2, -0.15) is 0 Å². The van der Waals surface area contributed by atoms with Crippen molar-refractivity contribution in [1.82, 2.24) is 5.32 Å². The topological polar surface area (TPSA) is 49.3 Å². The lowest BCUT2D eigenvalue weighted by atomic mass is 9.84. The van der Waals surface area contributed by atoms with Gasteiger partial charge >= 0.3 is 5.97 Å². The molecule has 3 heteroatoms. The molecule has 2 rings (SSSR count). The summed E-state index contributed by atoms with van der Waals surface area (Å²) < 4.78 is 0. The fourth-order valence-electron chi connectivity index (χ4n) is 3.53. The Bertz CT molecular complexity index is 490. The van der Waals surface area contributed by atoms with E-state index in [0.717, 1.165) is 32.1 Å². The molecule has 122 valence electrons. The van der Waals surface area contributed by atoms with Crippen LogP contribution in [0.2, 0.25) is 0 Å². The van der Waals surface area contributed by atoms with E-state index in [1.165, 1.54) is 11.1 Å². The third-order valence-corrected chi connectivity index (χ3v) is 4.78. The van der Waals surface area contributed by atoms with Gasteiger partial charge in [-0.3, -0.25) is 4.79 Å². The lowest BCUT2D eigenvalue weighted by molar-refractivity contribution is -0.142. The number of rotatable bonds is 6. The molecule has 0 bridgehead atoms. The number of nitrogens with one attached hydrogen (secondary N) is 1. The first-order valence-electron chi connectivity index (χ1n) is 8.51. The Balaban J connectivity index is 2.02. The molecule has 1 atom stereocenters. The summed E-state index contributed by atoms with van der Waals surface area (Å²) in [5, 5.41) is 12.9. The SMILES string of the molecule is Cc1ccccc1C(CC(C)C)NC1CCC(C(=O)O)CC1. The summed E-state index contributed by atoms with van der Waals surface area (Å²) in [6.07, 6.45) is 4.66. The highest BCUT2D eigenvalue weighted by Gasteiger charge is 2.27. The maximum Gasteiger partial charge on any atom is 0.306 e. The molecule has 0 aromatic heterocycles. The van der Waals surface area contributed by atoms with E-state index in [-0.39, 0.29) is 5.92 Å². The van der Waals surface area contributed by atoms with E-state index >= 15 is 0 Å². The Hall–Kier alpha value is -1.35. The van der Waals surface area contributed by atoms with Crippen LogP contribution in [0.3, 0.4) is 0 Å². The van der Waals surface area contributed by atoms with Gasteiger partial charge in [0.1, 0.15) is 0 Å². The first kappa shape index (κ1) is 17.0. The van der Waals surface area contributed by atoms with Crippen LogP contribution in [-0.2, 0) is 4.79 Å². The van der Waals surface area contributed by atoms with Gasteiger partial charge in [0.2, 0.25) is 0 Å². The van der Waals surface area contributed by atoms with Crippen molar-refractivity contribution < 1.29 is 9.90 Å². The maximum atomic E-state index is 11.1. The van der Waals surface area contributed by atoms with E-state index in [9.17, 15) is 4.79 Å². The minimum Gasteiger partial charge on any atom is -0.481 e. The van der Waals surface area contributed by atoms with Crippen LogP contribution >= 0.6 is 0 Å². The zero-order valence-electron chi connectivity index (χ0n) is 14.0. The van der Waals surface area contributed by atoms with E-state index < -0.39 is 5.97 Å². The third kappa shape index (κ3) is 4.57. The number of carboxylic acids is 1. The van der Waals surface area contributed by atoms with Gasteiger partial charge in [0, 0.05) is 12.1 Å². The van der Waals surface area contributed by atoms with Gasteiger partial charge in [-0.25, -0.2) is 0 Å². The number of aliphatic carboxylic acids is 1. The van der Waals surface area contributed by atoms with Crippen molar-refractivity contribution in [2.75, 3.05) is 0 Å². The Labute approximate surface area is 134 Å². The van der Waals surface area contributed by atoms with E-state index in [0.29, 0.717) is 18.0 Å². The summed E-state index contributed by atoms with van der Waals surface area (Å²) in [7, 11) is 0. The molecule has 1 aromatic rings. The van der Waals surface area contributed by atoms with Crippen LogP contribution in [-0.4, -0.2) is 17.1 Å². The molecule has 2 N–H and O–H groups in total. The zero-order chi connectivity index (χ0) is 16.1. The van der Waals surface area contributed by atoms with Crippen LogP contribution in [0.25, 0.3) is 0 Å². The Kier molecular flexibility index (Phi) is 6.01. The Morgan fingerprint density at radius 3 is 2.41 bits per heavy atom. The number of hydrogen-bond acceptors (Lipinski definition) is 2. The van der Waals surface area contributed by atoms with Crippen LogP contribution in [0.5, 0.6) is 0 Å². The van der Waals surface area contributed by atoms with Gasteiger partial charge in [0.25, 0.3) is 0 Å². The standard InChI is InChI=1S/C19H29NO2/c1-13(2)12-18(17-7-5-4-6-14(17)3)20-16-10-8-15(9-11-16)19(21)22/h4-7,13,15-16,18,20H,8-12H2,1-3H3,(H,21,22). The van der Waals surface area contributed by atoms with Gasteiger partial charge in [-0.15, -0.1) is 0 Å². The molecule has 1 aliphatic rings. The third-order valence-electron chi connectivity index (χ3n) is 4.78. The number of carboxylic acid groups (broad SMARTS) is 1. The largest absolute Gasteiger partial charge is 0.481 e. The molecule has 1 aromatic carbocycles. The van der Waals surface area contributed by atoms with Crippen LogP contribution < -0.4 is 5.32 Å². The van der Waals surface area contributed by atoms with Crippen molar-refractivity contribution in [2.24, 2.45) is 11.8 Å². The number of benzene rings is 1. The van der Waals surface area contributed by atoms with Crippen molar-refractivity contribution in [3.63, 3.8) is 0 Å². The predicted octanol–water partition coefficient (Wildman–Crippen LogP) is 4.32. The fraction of sp³-hybridized carbons (Fsp3) is 0.632. The van der Waals surface area contributed by atoms with Crippen LogP contribution in [0.1, 0.15) is 63.1 Å². The van der Waals surface area contributed by atoms with Crippen LogP contribution in [0, 0.1) is 18.8 Å². The van der Waals surface area contributed by atoms with E-state index in [1.807, 2.05) is 0 Å². The van der Waals surface area contributed by atoms with Crippen molar-refractivity contribution in [3.8, 4) is 0 Å². The second kappa shape index (κ2) is 7.77. The minimum absolute atomic E-state index is 0.139. The minimum atomic E-state index is -0.629. The summed E-state index contributed by atoms with van der Waals surface area (Å²) in [6, 6.07) is 9.40. The molecular formula is C19H29NO2. The first-order chi connectivity index (χ1) is 10.5. The van der Waals surface area contributed by atoms with Gasteiger partial charge in [-0.05, 0) is 56.1 Å². The van der Waals surface area contributed by atoms with Gasteiger partial charge in [-0.1, -0.05) is 38.1 Å². The smallest absolute Gasteiger partial charge is 0.306 e. The number of carbonyl (C=O) groups is 1. The lowest BCUT2D eigenvalue weighted by Crippen LogP contribution is -2.38.